The van der Waals surface area contributed by atoms with Crippen molar-refractivity contribution in [2.24, 2.45) is 0 Å². The zero-order valence-corrected chi connectivity index (χ0v) is 12.6. The van der Waals surface area contributed by atoms with Gasteiger partial charge >= 0.3 is 5.69 Å². The maximum Gasteiger partial charge on any atom is 0.310 e. The van der Waals surface area contributed by atoms with Gasteiger partial charge in [0.2, 0.25) is 0 Å². The van der Waals surface area contributed by atoms with E-state index >= 15 is 0 Å². The fourth-order valence-corrected chi connectivity index (χ4v) is 3.37. The van der Waals surface area contributed by atoms with Crippen molar-refractivity contribution in [1.29, 1.82) is 0 Å². The Morgan fingerprint density at radius 1 is 1.33 bits per heavy atom. The molecule has 1 aromatic carbocycles. The number of sulfone groups is 1. The summed E-state index contributed by atoms with van der Waals surface area (Å²) in [5, 5.41) is 17.7. The van der Waals surface area contributed by atoms with Crippen LogP contribution in [0, 0.1) is 10.1 Å². The molecule has 1 heterocycles. The number of benzene rings is 1. The summed E-state index contributed by atoms with van der Waals surface area (Å²) in [6.45, 7) is 1.78. The highest BCUT2D eigenvalue weighted by molar-refractivity contribution is 7.90. The topological polar surface area (TPSA) is 101 Å². The summed E-state index contributed by atoms with van der Waals surface area (Å²) < 4.78 is 23.4. The molecule has 1 aliphatic rings. The Morgan fingerprint density at radius 2 is 2.10 bits per heavy atom. The highest BCUT2D eigenvalue weighted by Crippen LogP contribution is 2.33. The van der Waals surface area contributed by atoms with E-state index in [1.807, 2.05) is 0 Å². The molecule has 8 heteroatoms. The van der Waals surface area contributed by atoms with E-state index in [4.69, 9.17) is 0 Å². The lowest BCUT2D eigenvalue weighted by atomic mass is 10.1. The minimum atomic E-state index is -3.64. The maximum absolute atomic E-state index is 11.7. The summed E-state index contributed by atoms with van der Waals surface area (Å²) in [5.74, 6) is 0. The molecule has 0 amide bonds. The molecule has 0 spiro atoms. The summed E-state index contributed by atoms with van der Waals surface area (Å²) in [6, 6.07) is 4.47. The molecular formula is C13H19N3O4S. The quantitative estimate of drug-likeness (QED) is 0.646. The molecule has 1 aromatic rings. The minimum absolute atomic E-state index is 0.105. The Morgan fingerprint density at radius 3 is 2.76 bits per heavy atom. The van der Waals surface area contributed by atoms with Crippen LogP contribution in [-0.4, -0.2) is 38.7 Å². The Labute approximate surface area is 123 Å². The molecular weight excluding hydrogens is 294 g/mol. The van der Waals surface area contributed by atoms with Crippen molar-refractivity contribution >= 4 is 21.2 Å². The van der Waals surface area contributed by atoms with Crippen molar-refractivity contribution in [1.82, 2.24) is 5.32 Å². The summed E-state index contributed by atoms with van der Waals surface area (Å²) in [6.07, 6.45) is 3.71. The smallest absolute Gasteiger partial charge is 0.310 e. The van der Waals surface area contributed by atoms with Crippen LogP contribution in [0.1, 0.15) is 19.3 Å². The molecule has 0 saturated carbocycles. The second-order valence-electron chi connectivity index (χ2n) is 5.20. The number of nitrogens with one attached hydrogen (secondary N) is 2. The Bertz CT molecular complexity index is 622. The van der Waals surface area contributed by atoms with Crippen LogP contribution in [0.4, 0.5) is 11.4 Å². The third-order valence-electron chi connectivity index (χ3n) is 3.52. The monoisotopic (exact) mass is 313 g/mol. The number of hydrogen-bond donors (Lipinski definition) is 2. The number of para-hydroxylation sites is 1. The zero-order chi connectivity index (χ0) is 15.5. The van der Waals surface area contributed by atoms with Crippen molar-refractivity contribution in [2.45, 2.75) is 30.2 Å². The fraction of sp³-hybridized carbons (Fsp3) is 0.538. The van der Waals surface area contributed by atoms with Crippen LogP contribution in [0.15, 0.2) is 23.1 Å². The van der Waals surface area contributed by atoms with Gasteiger partial charge in [-0.25, -0.2) is 8.42 Å². The van der Waals surface area contributed by atoms with Gasteiger partial charge in [-0.1, -0.05) is 6.07 Å². The molecule has 2 rings (SSSR count). The van der Waals surface area contributed by atoms with Crippen molar-refractivity contribution in [3.8, 4) is 0 Å². The second kappa shape index (κ2) is 6.40. The number of rotatable bonds is 4. The van der Waals surface area contributed by atoms with E-state index in [2.05, 4.69) is 10.6 Å². The van der Waals surface area contributed by atoms with Gasteiger partial charge in [-0.05, 0) is 44.5 Å². The third kappa shape index (κ3) is 3.92. The van der Waals surface area contributed by atoms with Gasteiger partial charge in [0.05, 0.1) is 4.92 Å². The highest BCUT2D eigenvalue weighted by atomic mass is 32.2. The van der Waals surface area contributed by atoms with Crippen molar-refractivity contribution < 1.29 is 13.3 Å². The Kier molecular flexibility index (Phi) is 4.79. The van der Waals surface area contributed by atoms with Crippen molar-refractivity contribution in [2.75, 3.05) is 24.7 Å². The van der Waals surface area contributed by atoms with Crippen LogP contribution in [0.25, 0.3) is 0 Å². The van der Waals surface area contributed by atoms with Gasteiger partial charge in [-0.3, -0.25) is 10.1 Å². The molecule has 7 nitrogen and oxygen atoms in total. The first-order valence-corrected chi connectivity index (χ1v) is 8.73. The van der Waals surface area contributed by atoms with Crippen molar-refractivity contribution in [3.05, 3.63) is 28.3 Å². The summed E-state index contributed by atoms with van der Waals surface area (Å²) in [7, 11) is -3.64. The minimum Gasteiger partial charge on any atom is -0.377 e. The van der Waals surface area contributed by atoms with Crippen molar-refractivity contribution in [3.63, 3.8) is 0 Å². The zero-order valence-electron chi connectivity index (χ0n) is 11.8. The average Bonchev–Trinajstić information content (AvgIpc) is 2.66. The number of nitrogens with zero attached hydrogens (tertiary/aromatic N) is 1. The lowest BCUT2D eigenvalue weighted by Gasteiger charge is -2.18. The third-order valence-corrected chi connectivity index (χ3v) is 4.64. The first kappa shape index (κ1) is 15.7. The molecule has 116 valence electrons. The number of anilines is 1. The average molecular weight is 313 g/mol. The summed E-state index contributed by atoms with van der Waals surface area (Å²) >= 11 is 0. The van der Waals surface area contributed by atoms with E-state index in [-0.39, 0.29) is 22.3 Å². The van der Waals surface area contributed by atoms with Gasteiger partial charge in [-0.2, -0.15) is 0 Å². The normalized spacial score (nSPS) is 19.8. The SMILES string of the molecule is CS(=O)(=O)c1cccc(NC2CCCNCC2)c1[N+](=O)[O-]. The molecule has 0 aliphatic carbocycles. The predicted octanol–water partition coefficient (Wildman–Crippen LogP) is 1.55. The van der Waals surface area contributed by atoms with Crippen LogP contribution >= 0.6 is 0 Å². The van der Waals surface area contributed by atoms with E-state index < -0.39 is 14.8 Å². The van der Waals surface area contributed by atoms with E-state index in [1.165, 1.54) is 12.1 Å². The lowest BCUT2D eigenvalue weighted by molar-refractivity contribution is -0.386. The number of nitro benzene ring substituents is 1. The number of hydrogen-bond acceptors (Lipinski definition) is 6. The van der Waals surface area contributed by atoms with Gasteiger partial charge in [0.25, 0.3) is 0 Å². The molecule has 0 bridgehead atoms. The predicted molar refractivity (Wildman–Crippen MR) is 80.3 cm³/mol. The molecule has 1 saturated heterocycles. The molecule has 1 aliphatic heterocycles. The van der Waals surface area contributed by atoms with E-state index in [9.17, 15) is 18.5 Å². The molecule has 1 unspecified atom stereocenters. The van der Waals surface area contributed by atoms with Gasteiger partial charge in [0.15, 0.2) is 9.84 Å². The molecule has 1 fully saturated rings. The number of nitro groups is 1. The molecule has 2 N–H and O–H groups in total. The van der Waals surface area contributed by atoms with Gasteiger partial charge in [0, 0.05) is 12.3 Å². The largest absolute Gasteiger partial charge is 0.377 e. The summed E-state index contributed by atoms with van der Waals surface area (Å²) in [5.41, 5.74) is -0.0907. The van der Waals surface area contributed by atoms with Gasteiger partial charge in [0.1, 0.15) is 10.6 Å². The fourth-order valence-electron chi connectivity index (χ4n) is 2.51. The maximum atomic E-state index is 11.7. The molecule has 0 aromatic heterocycles. The lowest BCUT2D eigenvalue weighted by Crippen LogP contribution is -2.22. The van der Waals surface area contributed by atoms with Crippen LogP contribution in [0.5, 0.6) is 0 Å². The first-order chi connectivity index (χ1) is 9.89. The van der Waals surface area contributed by atoms with E-state index in [0.29, 0.717) is 0 Å². The van der Waals surface area contributed by atoms with Crippen LogP contribution < -0.4 is 10.6 Å². The first-order valence-electron chi connectivity index (χ1n) is 6.84. The Hall–Kier alpha value is -1.67. The Balaban J connectivity index is 2.36. The van der Waals surface area contributed by atoms with Gasteiger partial charge in [-0.15, -0.1) is 0 Å². The molecule has 1 atom stereocenters. The van der Waals surface area contributed by atoms with Crippen LogP contribution in [0.2, 0.25) is 0 Å². The van der Waals surface area contributed by atoms with E-state index in [1.54, 1.807) is 6.07 Å². The molecule has 0 radical (unpaired) electrons. The van der Waals surface area contributed by atoms with E-state index in [0.717, 1.165) is 38.6 Å². The molecule has 21 heavy (non-hydrogen) atoms. The van der Waals surface area contributed by atoms with Crippen LogP contribution in [0.3, 0.4) is 0 Å². The standard InChI is InChI=1S/C13H19N3O4S/c1-21(19,20)12-6-2-5-11(13(12)16(17)18)15-10-4-3-8-14-9-7-10/h2,5-6,10,14-15H,3-4,7-9H2,1H3. The highest BCUT2D eigenvalue weighted by Gasteiger charge is 2.27. The summed E-state index contributed by atoms with van der Waals surface area (Å²) in [4.78, 5) is 10.4. The second-order valence-corrected chi connectivity index (χ2v) is 7.19. The van der Waals surface area contributed by atoms with Gasteiger partial charge < -0.3 is 10.6 Å². The van der Waals surface area contributed by atoms with Crippen LogP contribution in [-0.2, 0) is 9.84 Å².